The number of fused-ring (bicyclic) bond motifs is 1. The number of carbonyl (C=O) groups excluding carboxylic acids is 2. The Labute approximate surface area is 156 Å². The summed E-state index contributed by atoms with van der Waals surface area (Å²) in [6.45, 7) is 3.70. The van der Waals surface area contributed by atoms with Crippen LogP contribution in [0.15, 0.2) is 12.4 Å². The molecule has 26 heavy (non-hydrogen) atoms. The largest absolute Gasteiger partial charge is 0.365 e. The summed E-state index contributed by atoms with van der Waals surface area (Å²) in [5.74, 6) is 1.45. The molecule has 2 aromatic rings. The van der Waals surface area contributed by atoms with Gasteiger partial charge in [-0.05, 0) is 37.7 Å². The van der Waals surface area contributed by atoms with Crippen molar-refractivity contribution in [2.24, 2.45) is 11.7 Å². The van der Waals surface area contributed by atoms with E-state index in [-0.39, 0.29) is 0 Å². The van der Waals surface area contributed by atoms with Crippen molar-refractivity contribution in [3.8, 4) is 0 Å². The van der Waals surface area contributed by atoms with E-state index in [1.807, 2.05) is 4.90 Å². The zero-order chi connectivity index (χ0) is 18.1. The number of hydrogen-bond acceptors (Lipinski definition) is 6. The fourth-order valence-electron chi connectivity index (χ4n) is 3.90. The lowest BCUT2D eigenvalue weighted by molar-refractivity contribution is -0.127. The van der Waals surface area contributed by atoms with E-state index in [2.05, 4.69) is 14.9 Å². The lowest BCUT2D eigenvalue weighted by atomic mass is 9.93. The number of thiophene rings is 1. The molecule has 0 radical (unpaired) electrons. The summed E-state index contributed by atoms with van der Waals surface area (Å²) in [4.78, 5) is 36.7. The molecule has 0 bridgehead atoms. The Bertz CT molecular complexity index is 828. The summed E-state index contributed by atoms with van der Waals surface area (Å²) in [7, 11) is 0. The summed E-state index contributed by atoms with van der Waals surface area (Å²) in [5.41, 5.74) is 6.18. The maximum absolute atomic E-state index is 11.7. The SMILES string of the molecule is NC(=O)c1cc2ncnc(N3CCC(CCN4CCCC4=O)CC3)c2s1. The zero-order valence-corrected chi connectivity index (χ0v) is 15.5. The lowest BCUT2D eigenvalue weighted by Crippen LogP contribution is -2.36. The molecule has 2 aliphatic rings. The van der Waals surface area contributed by atoms with Gasteiger partial charge in [0, 0.05) is 32.6 Å². The molecular weight excluding hydrogens is 350 g/mol. The Balaban J connectivity index is 1.39. The van der Waals surface area contributed by atoms with E-state index in [0.29, 0.717) is 16.7 Å². The molecule has 0 atom stereocenters. The molecule has 7 nitrogen and oxygen atoms in total. The first-order valence-corrected chi connectivity index (χ1v) is 10.0. The maximum Gasteiger partial charge on any atom is 0.258 e. The highest BCUT2D eigenvalue weighted by Gasteiger charge is 2.25. The van der Waals surface area contributed by atoms with Gasteiger partial charge in [0.25, 0.3) is 5.91 Å². The third-order valence-electron chi connectivity index (χ3n) is 5.43. The van der Waals surface area contributed by atoms with Crippen molar-refractivity contribution in [2.45, 2.75) is 32.1 Å². The van der Waals surface area contributed by atoms with E-state index in [0.717, 1.165) is 74.3 Å². The summed E-state index contributed by atoms with van der Waals surface area (Å²) < 4.78 is 0.933. The quantitative estimate of drug-likeness (QED) is 0.865. The number of amides is 2. The van der Waals surface area contributed by atoms with Crippen molar-refractivity contribution in [1.29, 1.82) is 0 Å². The Morgan fingerprint density at radius 2 is 2.08 bits per heavy atom. The van der Waals surface area contributed by atoms with Gasteiger partial charge in [0.2, 0.25) is 5.91 Å². The van der Waals surface area contributed by atoms with Crippen molar-refractivity contribution in [3.63, 3.8) is 0 Å². The minimum Gasteiger partial charge on any atom is -0.365 e. The second-order valence-electron chi connectivity index (χ2n) is 7.09. The maximum atomic E-state index is 11.7. The van der Waals surface area contributed by atoms with Gasteiger partial charge in [-0.25, -0.2) is 9.97 Å². The predicted molar refractivity (Wildman–Crippen MR) is 101 cm³/mol. The zero-order valence-electron chi connectivity index (χ0n) is 14.7. The molecule has 2 aliphatic heterocycles. The number of hydrogen-bond donors (Lipinski definition) is 1. The number of primary amides is 1. The highest BCUT2D eigenvalue weighted by molar-refractivity contribution is 7.21. The van der Waals surface area contributed by atoms with Crippen LogP contribution < -0.4 is 10.6 Å². The third-order valence-corrected chi connectivity index (χ3v) is 6.56. The van der Waals surface area contributed by atoms with Gasteiger partial charge >= 0.3 is 0 Å². The third kappa shape index (κ3) is 3.38. The van der Waals surface area contributed by atoms with Gasteiger partial charge in [-0.1, -0.05) is 0 Å². The van der Waals surface area contributed by atoms with Gasteiger partial charge in [-0.15, -0.1) is 11.3 Å². The Kier molecular flexibility index (Phi) is 4.76. The van der Waals surface area contributed by atoms with Crippen molar-refractivity contribution < 1.29 is 9.59 Å². The van der Waals surface area contributed by atoms with Gasteiger partial charge in [0.15, 0.2) is 0 Å². The first-order valence-electron chi connectivity index (χ1n) is 9.19. The van der Waals surface area contributed by atoms with Crippen LogP contribution in [0.1, 0.15) is 41.8 Å². The minimum atomic E-state index is -0.422. The van der Waals surface area contributed by atoms with Gasteiger partial charge < -0.3 is 15.5 Å². The number of piperidine rings is 1. The van der Waals surface area contributed by atoms with Crippen LogP contribution in [0.2, 0.25) is 0 Å². The van der Waals surface area contributed by atoms with Gasteiger partial charge in [0.05, 0.1) is 15.1 Å². The summed E-state index contributed by atoms with van der Waals surface area (Å²) in [6.07, 6.45) is 6.57. The molecule has 0 unspecified atom stereocenters. The standard InChI is InChI=1S/C18H23N5O2S/c19-17(25)14-10-13-16(26-14)18(21-11-20-13)23-8-4-12(5-9-23)3-7-22-6-1-2-15(22)24/h10-12H,1-9H2,(H2,19,25). The fourth-order valence-corrected chi connectivity index (χ4v) is 4.88. The molecule has 138 valence electrons. The van der Waals surface area contributed by atoms with Crippen molar-refractivity contribution in [1.82, 2.24) is 14.9 Å². The molecule has 2 aromatic heterocycles. The fraction of sp³-hybridized carbons (Fsp3) is 0.556. The van der Waals surface area contributed by atoms with E-state index in [9.17, 15) is 9.59 Å². The molecule has 0 saturated carbocycles. The normalized spacial score (nSPS) is 18.8. The van der Waals surface area contributed by atoms with Gasteiger partial charge in [0.1, 0.15) is 12.1 Å². The van der Waals surface area contributed by atoms with Crippen LogP contribution in [0.25, 0.3) is 10.2 Å². The average molecular weight is 373 g/mol. The first-order chi connectivity index (χ1) is 12.6. The van der Waals surface area contributed by atoms with Gasteiger partial charge in [-0.3, -0.25) is 9.59 Å². The van der Waals surface area contributed by atoms with Crippen molar-refractivity contribution >= 4 is 39.2 Å². The summed E-state index contributed by atoms with van der Waals surface area (Å²) in [5, 5.41) is 0. The summed E-state index contributed by atoms with van der Waals surface area (Å²) in [6, 6.07) is 1.74. The first kappa shape index (κ1) is 17.2. The Morgan fingerprint density at radius 1 is 1.27 bits per heavy atom. The number of rotatable bonds is 5. The number of likely N-dealkylation sites (tertiary alicyclic amines) is 1. The Hall–Kier alpha value is -2.22. The highest BCUT2D eigenvalue weighted by atomic mass is 32.1. The van der Waals surface area contributed by atoms with Crippen LogP contribution in [-0.2, 0) is 4.79 Å². The van der Waals surface area contributed by atoms with Crippen LogP contribution in [0.3, 0.4) is 0 Å². The molecule has 4 rings (SSSR count). The van der Waals surface area contributed by atoms with Crippen LogP contribution in [0.4, 0.5) is 5.82 Å². The smallest absolute Gasteiger partial charge is 0.258 e. The average Bonchev–Trinajstić information content (AvgIpc) is 3.26. The molecular formula is C18H23N5O2S. The second kappa shape index (κ2) is 7.19. The van der Waals surface area contributed by atoms with Gasteiger partial charge in [-0.2, -0.15) is 0 Å². The van der Waals surface area contributed by atoms with Crippen LogP contribution >= 0.6 is 11.3 Å². The molecule has 2 N–H and O–H groups in total. The van der Waals surface area contributed by atoms with E-state index in [1.165, 1.54) is 11.3 Å². The number of nitrogens with zero attached hydrogens (tertiary/aromatic N) is 4. The van der Waals surface area contributed by atoms with E-state index >= 15 is 0 Å². The van der Waals surface area contributed by atoms with E-state index in [1.54, 1.807) is 12.4 Å². The van der Waals surface area contributed by atoms with Crippen molar-refractivity contribution in [3.05, 3.63) is 17.3 Å². The second-order valence-corrected chi connectivity index (χ2v) is 8.14. The molecule has 0 aromatic carbocycles. The number of carbonyl (C=O) groups is 2. The molecule has 8 heteroatoms. The van der Waals surface area contributed by atoms with E-state index < -0.39 is 5.91 Å². The van der Waals surface area contributed by atoms with Crippen LogP contribution in [0.5, 0.6) is 0 Å². The predicted octanol–water partition coefficient (Wildman–Crippen LogP) is 2.02. The van der Waals surface area contributed by atoms with Crippen LogP contribution in [0, 0.1) is 5.92 Å². The molecule has 2 fully saturated rings. The molecule has 2 amide bonds. The Morgan fingerprint density at radius 3 is 2.77 bits per heavy atom. The topological polar surface area (TPSA) is 92.4 Å². The molecule has 2 saturated heterocycles. The number of anilines is 1. The van der Waals surface area contributed by atoms with Crippen LogP contribution in [-0.4, -0.2) is 52.9 Å². The van der Waals surface area contributed by atoms with Crippen molar-refractivity contribution in [2.75, 3.05) is 31.1 Å². The highest BCUT2D eigenvalue weighted by Crippen LogP contribution is 2.33. The minimum absolute atomic E-state index is 0.314. The lowest BCUT2D eigenvalue weighted by Gasteiger charge is -2.33. The number of nitrogens with two attached hydrogens (primary N) is 1. The molecule has 4 heterocycles. The molecule has 0 spiro atoms. The molecule has 0 aliphatic carbocycles. The monoisotopic (exact) mass is 373 g/mol. The number of aromatic nitrogens is 2. The summed E-state index contributed by atoms with van der Waals surface area (Å²) >= 11 is 1.37. The van der Waals surface area contributed by atoms with E-state index in [4.69, 9.17) is 5.73 Å².